The van der Waals surface area contributed by atoms with Crippen molar-refractivity contribution in [2.24, 2.45) is 5.92 Å². The lowest BCUT2D eigenvalue weighted by atomic mass is 9.86. The molecule has 0 saturated heterocycles. The number of nitrogens with one attached hydrogen (secondary N) is 1. The van der Waals surface area contributed by atoms with Crippen molar-refractivity contribution in [3.63, 3.8) is 0 Å². The molecular formula is C14H19NO. The van der Waals surface area contributed by atoms with Crippen LogP contribution in [0.25, 0.3) is 0 Å². The van der Waals surface area contributed by atoms with Crippen molar-refractivity contribution in [1.29, 1.82) is 0 Å². The van der Waals surface area contributed by atoms with E-state index in [0.29, 0.717) is 0 Å². The van der Waals surface area contributed by atoms with E-state index in [0.717, 1.165) is 37.8 Å². The quantitative estimate of drug-likeness (QED) is 0.840. The molecule has 1 fully saturated rings. The van der Waals surface area contributed by atoms with Crippen LogP contribution in [0.2, 0.25) is 0 Å². The van der Waals surface area contributed by atoms with Crippen molar-refractivity contribution in [3.8, 4) is 5.75 Å². The minimum absolute atomic E-state index is 0.817. The fourth-order valence-electron chi connectivity index (χ4n) is 2.42. The van der Waals surface area contributed by atoms with Crippen molar-refractivity contribution in [2.45, 2.75) is 32.2 Å². The molecular weight excluding hydrogens is 198 g/mol. The fourth-order valence-corrected chi connectivity index (χ4v) is 2.42. The summed E-state index contributed by atoms with van der Waals surface area (Å²) in [6.45, 7) is 3.02. The molecule has 16 heavy (non-hydrogen) atoms. The van der Waals surface area contributed by atoms with E-state index in [2.05, 4.69) is 23.5 Å². The SMILES string of the molecule is c1cc2c(cc1OCC1CCC1)CCNC2. The second-order valence-corrected chi connectivity index (χ2v) is 4.97. The number of ether oxygens (including phenoxy) is 1. The number of hydrogen-bond donors (Lipinski definition) is 1. The van der Waals surface area contributed by atoms with E-state index in [-0.39, 0.29) is 0 Å². The standard InChI is InChI=1S/C14H19NO/c1-2-11(3-1)10-16-14-5-4-13-9-15-7-6-12(13)8-14/h4-5,8,11,15H,1-3,6-7,9-10H2. The lowest BCUT2D eigenvalue weighted by molar-refractivity contribution is 0.180. The molecule has 1 heterocycles. The van der Waals surface area contributed by atoms with Crippen LogP contribution in [0, 0.1) is 5.92 Å². The molecule has 2 aliphatic rings. The molecule has 86 valence electrons. The minimum atomic E-state index is 0.817. The molecule has 0 unspecified atom stereocenters. The van der Waals surface area contributed by atoms with E-state index in [1.807, 2.05) is 0 Å². The Morgan fingerprint density at radius 2 is 2.19 bits per heavy atom. The lowest BCUT2D eigenvalue weighted by Crippen LogP contribution is -2.23. The maximum Gasteiger partial charge on any atom is 0.119 e. The van der Waals surface area contributed by atoms with Gasteiger partial charge in [0, 0.05) is 6.54 Å². The summed E-state index contributed by atoms with van der Waals surface area (Å²) in [6.07, 6.45) is 5.24. The first-order chi connectivity index (χ1) is 7.92. The van der Waals surface area contributed by atoms with Gasteiger partial charge >= 0.3 is 0 Å². The zero-order valence-corrected chi connectivity index (χ0v) is 9.67. The first-order valence-electron chi connectivity index (χ1n) is 6.37. The Balaban J connectivity index is 1.65. The second-order valence-electron chi connectivity index (χ2n) is 4.97. The lowest BCUT2D eigenvalue weighted by Gasteiger charge is -2.25. The topological polar surface area (TPSA) is 21.3 Å². The van der Waals surface area contributed by atoms with Crippen LogP contribution >= 0.6 is 0 Å². The van der Waals surface area contributed by atoms with Gasteiger partial charge in [-0.2, -0.15) is 0 Å². The highest BCUT2D eigenvalue weighted by Crippen LogP contribution is 2.28. The van der Waals surface area contributed by atoms with E-state index < -0.39 is 0 Å². The van der Waals surface area contributed by atoms with Gasteiger partial charge in [-0.1, -0.05) is 12.5 Å². The molecule has 1 aliphatic carbocycles. The predicted molar refractivity (Wildman–Crippen MR) is 64.7 cm³/mol. The summed E-state index contributed by atoms with van der Waals surface area (Å²) in [6, 6.07) is 6.55. The Morgan fingerprint density at radius 1 is 1.25 bits per heavy atom. The third-order valence-corrected chi connectivity index (χ3v) is 3.77. The molecule has 0 aromatic heterocycles. The molecule has 1 aliphatic heterocycles. The van der Waals surface area contributed by atoms with Gasteiger partial charge in [0.1, 0.15) is 5.75 Å². The van der Waals surface area contributed by atoms with Crippen LogP contribution in [0.4, 0.5) is 0 Å². The van der Waals surface area contributed by atoms with Crippen LogP contribution < -0.4 is 10.1 Å². The maximum atomic E-state index is 5.86. The Bertz CT molecular complexity index is 371. The summed E-state index contributed by atoms with van der Waals surface area (Å²) in [5.41, 5.74) is 2.90. The summed E-state index contributed by atoms with van der Waals surface area (Å²) in [7, 11) is 0. The van der Waals surface area contributed by atoms with Gasteiger partial charge in [-0.15, -0.1) is 0 Å². The van der Waals surface area contributed by atoms with Crippen molar-refractivity contribution in [1.82, 2.24) is 5.32 Å². The largest absolute Gasteiger partial charge is 0.493 e. The maximum absolute atomic E-state index is 5.86. The summed E-state index contributed by atoms with van der Waals surface area (Å²) in [5.74, 6) is 1.88. The average molecular weight is 217 g/mol. The van der Waals surface area contributed by atoms with Crippen LogP contribution in [0.5, 0.6) is 5.75 Å². The number of rotatable bonds is 3. The van der Waals surface area contributed by atoms with Gasteiger partial charge < -0.3 is 10.1 Å². The molecule has 0 radical (unpaired) electrons. The van der Waals surface area contributed by atoms with Crippen LogP contribution in [-0.4, -0.2) is 13.2 Å². The van der Waals surface area contributed by atoms with Crippen molar-refractivity contribution >= 4 is 0 Å². The van der Waals surface area contributed by atoms with Gasteiger partial charge in [0.25, 0.3) is 0 Å². The van der Waals surface area contributed by atoms with Gasteiger partial charge in [0.05, 0.1) is 6.61 Å². The first kappa shape index (κ1) is 10.2. The monoisotopic (exact) mass is 217 g/mol. The normalized spacial score (nSPS) is 20.0. The highest BCUT2D eigenvalue weighted by Gasteiger charge is 2.18. The molecule has 1 saturated carbocycles. The number of fused-ring (bicyclic) bond motifs is 1. The van der Waals surface area contributed by atoms with Crippen molar-refractivity contribution in [3.05, 3.63) is 29.3 Å². The van der Waals surface area contributed by atoms with E-state index in [1.165, 1.54) is 30.4 Å². The molecule has 3 rings (SSSR count). The second kappa shape index (κ2) is 4.46. The van der Waals surface area contributed by atoms with Crippen molar-refractivity contribution < 1.29 is 4.74 Å². The van der Waals surface area contributed by atoms with E-state index in [1.54, 1.807) is 0 Å². The molecule has 0 spiro atoms. The molecule has 0 amide bonds. The Labute approximate surface area is 97.0 Å². The van der Waals surface area contributed by atoms with Gasteiger partial charge in [-0.3, -0.25) is 0 Å². The highest BCUT2D eigenvalue weighted by molar-refractivity contribution is 5.37. The molecule has 0 atom stereocenters. The molecule has 0 bridgehead atoms. The molecule has 2 heteroatoms. The zero-order valence-electron chi connectivity index (χ0n) is 9.67. The Morgan fingerprint density at radius 3 is 3.00 bits per heavy atom. The zero-order chi connectivity index (χ0) is 10.8. The van der Waals surface area contributed by atoms with Crippen LogP contribution in [0.15, 0.2) is 18.2 Å². The van der Waals surface area contributed by atoms with Gasteiger partial charge in [0.2, 0.25) is 0 Å². The third kappa shape index (κ3) is 2.07. The van der Waals surface area contributed by atoms with Gasteiger partial charge in [-0.05, 0) is 55.0 Å². The Kier molecular flexibility index (Phi) is 2.83. The smallest absolute Gasteiger partial charge is 0.119 e. The van der Waals surface area contributed by atoms with Crippen LogP contribution in [0.1, 0.15) is 30.4 Å². The third-order valence-electron chi connectivity index (χ3n) is 3.77. The Hall–Kier alpha value is -1.02. The highest BCUT2D eigenvalue weighted by atomic mass is 16.5. The molecule has 1 aromatic rings. The van der Waals surface area contributed by atoms with E-state index in [4.69, 9.17) is 4.74 Å². The summed E-state index contributed by atoms with van der Waals surface area (Å²) in [5, 5.41) is 3.39. The predicted octanol–water partition coefficient (Wildman–Crippen LogP) is 2.51. The van der Waals surface area contributed by atoms with Crippen LogP contribution in [-0.2, 0) is 13.0 Å². The molecule has 2 nitrogen and oxygen atoms in total. The average Bonchev–Trinajstić information content (AvgIpc) is 2.27. The van der Waals surface area contributed by atoms with E-state index in [9.17, 15) is 0 Å². The number of benzene rings is 1. The summed E-state index contributed by atoms with van der Waals surface area (Å²) in [4.78, 5) is 0. The van der Waals surface area contributed by atoms with Gasteiger partial charge in [-0.25, -0.2) is 0 Å². The molecule has 1 N–H and O–H groups in total. The van der Waals surface area contributed by atoms with Gasteiger partial charge in [0.15, 0.2) is 0 Å². The number of hydrogen-bond acceptors (Lipinski definition) is 2. The van der Waals surface area contributed by atoms with E-state index >= 15 is 0 Å². The fraction of sp³-hybridized carbons (Fsp3) is 0.571. The summed E-state index contributed by atoms with van der Waals surface area (Å²) < 4.78 is 5.86. The first-order valence-corrected chi connectivity index (χ1v) is 6.37. The van der Waals surface area contributed by atoms with Crippen molar-refractivity contribution in [2.75, 3.05) is 13.2 Å². The summed E-state index contributed by atoms with van der Waals surface area (Å²) >= 11 is 0. The minimum Gasteiger partial charge on any atom is -0.493 e. The molecule has 1 aromatic carbocycles. The van der Waals surface area contributed by atoms with Crippen LogP contribution in [0.3, 0.4) is 0 Å².